The van der Waals surface area contributed by atoms with Gasteiger partial charge in [-0.1, -0.05) is 0 Å². The molecule has 18 heavy (non-hydrogen) atoms. The summed E-state index contributed by atoms with van der Waals surface area (Å²) in [6.45, 7) is 9.10. The molecule has 4 nitrogen and oxygen atoms in total. The molecule has 0 aliphatic carbocycles. The van der Waals surface area contributed by atoms with E-state index in [4.69, 9.17) is 4.74 Å². The van der Waals surface area contributed by atoms with Gasteiger partial charge in [-0.3, -0.25) is 10.1 Å². The fourth-order valence-corrected chi connectivity index (χ4v) is 1.67. The van der Waals surface area contributed by atoms with Gasteiger partial charge in [0.1, 0.15) is 11.9 Å². The highest BCUT2D eigenvalue weighted by atomic mass is 16.6. The van der Waals surface area contributed by atoms with E-state index < -0.39 is 11.7 Å². The van der Waals surface area contributed by atoms with E-state index in [0.717, 1.165) is 17.4 Å². The highest BCUT2D eigenvalue weighted by Gasteiger charge is 2.17. The van der Waals surface area contributed by atoms with Crippen LogP contribution in [0.2, 0.25) is 0 Å². The highest BCUT2D eigenvalue weighted by Crippen LogP contribution is 2.22. The zero-order valence-corrected chi connectivity index (χ0v) is 11.5. The first-order chi connectivity index (χ1) is 8.23. The van der Waals surface area contributed by atoms with Crippen LogP contribution in [-0.2, 0) is 4.74 Å². The zero-order valence-electron chi connectivity index (χ0n) is 11.5. The van der Waals surface area contributed by atoms with Gasteiger partial charge in [0.05, 0.1) is 0 Å². The quantitative estimate of drug-likeness (QED) is 0.816. The van der Waals surface area contributed by atoms with Crippen LogP contribution in [0.3, 0.4) is 0 Å². The molecule has 98 valence electrons. The van der Waals surface area contributed by atoms with Crippen molar-refractivity contribution in [2.75, 3.05) is 5.32 Å². The molecule has 0 aliphatic rings. The van der Waals surface area contributed by atoms with Crippen LogP contribution in [-0.4, -0.2) is 18.0 Å². The van der Waals surface area contributed by atoms with Crippen molar-refractivity contribution in [3.63, 3.8) is 0 Å². The van der Waals surface area contributed by atoms with Gasteiger partial charge < -0.3 is 4.74 Å². The third-order valence-electron chi connectivity index (χ3n) is 2.32. The first-order valence-electron chi connectivity index (χ1n) is 5.79. The van der Waals surface area contributed by atoms with E-state index >= 15 is 0 Å². The lowest BCUT2D eigenvalue weighted by atomic mass is 10.1. The Kier molecular flexibility index (Phi) is 4.11. The van der Waals surface area contributed by atoms with Gasteiger partial charge in [0.25, 0.3) is 0 Å². The Morgan fingerprint density at radius 3 is 2.11 bits per heavy atom. The summed E-state index contributed by atoms with van der Waals surface area (Å²) < 4.78 is 5.19. The molecule has 1 rings (SSSR count). The number of hydrogen-bond donors (Lipinski definition) is 1. The van der Waals surface area contributed by atoms with Crippen LogP contribution in [0.15, 0.2) is 12.1 Å². The molecule has 1 aromatic carbocycles. The SMILES string of the molecule is Cc1cc(C=O)cc(C)c1NC(=O)OC(C)(C)C. The number of anilines is 1. The molecule has 1 N–H and O–H groups in total. The number of carbonyl (C=O) groups excluding carboxylic acids is 2. The predicted octanol–water partition coefficient (Wildman–Crippen LogP) is 3.46. The average Bonchev–Trinajstić information content (AvgIpc) is 2.20. The second-order valence-corrected chi connectivity index (χ2v) is 5.27. The minimum atomic E-state index is -0.533. The summed E-state index contributed by atoms with van der Waals surface area (Å²) in [5.41, 5.74) is 2.43. The van der Waals surface area contributed by atoms with Crippen LogP contribution in [0.4, 0.5) is 10.5 Å². The van der Waals surface area contributed by atoms with Gasteiger partial charge >= 0.3 is 6.09 Å². The Morgan fingerprint density at radius 1 is 1.22 bits per heavy atom. The van der Waals surface area contributed by atoms with Gasteiger partial charge in [-0.05, 0) is 57.9 Å². The van der Waals surface area contributed by atoms with Gasteiger partial charge in [0, 0.05) is 11.3 Å². The number of ether oxygens (including phenoxy) is 1. The molecule has 0 unspecified atom stereocenters. The summed E-state index contributed by atoms with van der Waals surface area (Å²) in [4.78, 5) is 22.4. The Labute approximate surface area is 107 Å². The Morgan fingerprint density at radius 2 is 1.72 bits per heavy atom. The van der Waals surface area contributed by atoms with Crippen molar-refractivity contribution >= 4 is 18.1 Å². The molecule has 0 aliphatic heterocycles. The van der Waals surface area contributed by atoms with Crippen molar-refractivity contribution in [1.82, 2.24) is 0 Å². The lowest BCUT2D eigenvalue weighted by Crippen LogP contribution is -2.27. The number of rotatable bonds is 2. The number of nitrogens with one attached hydrogen (secondary N) is 1. The van der Waals surface area contributed by atoms with Crippen LogP contribution in [0.1, 0.15) is 42.3 Å². The van der Waals surface area contributed by atoms with Crippen LogP contribution in [0, 0.1) is 13.8 Å². The average molecular weight is 249 g/mol. The first kappa shape index (κ1) is 14.2. The minimum absolute atomic E-state index is 0.493. The van der Waals surface area contributed by atoms with Crippen molar-refractivity contribution < 1.29 is 14.3 Å². The van der Waals surface area contributed by atoms with Crippen LogP contribution >= 0.6 is 0 Å². The third-order valence-corrected chi connectivity index (χ3v) is 2.32. The standard InChI is InChI=1S/C14H19NO3/c1-9-6-11(8-16)7-10(2)12(9)15-13(17)18-14(3,4)5/h6-8H,1-5H3,(H,15,17). The minimum Gasteiger partial charge on any atom is -0.444 e. The molecule has 0 fully saturated rings. The summed E-state index contributed by atoms with van der Waals surface area (Å²) in [6.07, 6.45) is 0.296. The molecule has 0 radical (unpaired) electrons. The molecule has 0 spiro atoms. The predicted molar refractivity (Wildman–Crippen MR) is 71.2 cm³/mol. The normalized spacial score (nSPS) is 10.9. The molecule has 0 saturated carbocycles. The highest BCUT2D eigenvalue weighted by molar-refractivity contribution is 5.88. The van der Waals surface area contributed by atoms with Gasteiger partial charge in [-0.15, -0.1) is 0 Å². The van der Waals surface area contributed by atoms with Crippen molar-refractivity contribution in [2.45, 2.75) is 40.2 Å². The van der Waals surface area contributed by atoms with Crippen LogP contribution in [0.5, 0.6) is 0 Å². The molecular weight excluding hydrogens is 230 g/mol. The Balaban J connectivity index is 2.92. The lowest BCUT2D eigenvalue weighted by Gasteiger charge is -2.21. The van der Waals surface area contributed by atoms with E-state index in [0.29, 0.717) is 11.3 Å². The van der Waals surface area contributed by atoms with E-state index in [-0.39, 0.29) is 0 Å². The van der Waals surface area contributed by atoms with Crippen molar-refractivity contribution in [3.05, 3.63) is 28.8 Å². The molecule has 1 aromatic rings. The van der Waals surface area contributed by atoms with Crippen LogP contribution in [0.25, 0.3) is 0 Å². The van der Waals surface area contributed by atoms with Gasteiger partial charge in [-0.25, -0.2) is 4.79 Å². The lowest BCUT2D eigenvalue weighted by molar-refractivity contribution is 0.0635. The number of hydrogen-bond acceptors (Lipinski definition) is 3. The molecule has 0 saturated heterocycles. The molecular formula is C14H19NO3. The van der Waals surface area contributed by atoms with Crippen LogP contribution < -0.4 is 5.32 Å². The van der Waals surface area contributed by atoms with Crippen molar-refractivity contribution in [1.29, 1.82) is 0 Å². The smallest absolute Gasteiger partial charge is 0.412 e. The monoisotopic (exact) mass is 249 g/mol. The summed E-state index contributed by atoms with van der Waals surface area (Å²) in [7, 11) is 0. The van der Waals surface area contributed by atoms with E-state index in [9.17, 15) is 9.59 Å². The molecule has 0 bridgehead atoms. The summed E-state index contributed by atoms with van der Waals surface area (Å²) in [5, 5.41) is 2.71. The maximum atomic E-state index is 11.7. The molecule has 1 amide bonds. The van der Waals surface area contributed by atoms with E-state index in [1.165, 1.54) is 0 Å². The van der Waals surface area contributed by atoms with Crippen molar-refractivity contribution in [3.8, 4) is 0 Å². The molecule has 4 heteroatoms. The number of amides is 1. The number of carbonyl (C=O) groups is 2. The second-order valence-electron chi connectivity index (χ2n) is 5.27. The van der Waals surface area contributed by atoms with Crippen molar-refractivity contribution in [2.24, 2.45) is 0 Å². The van der Waals surface area contributed by atoms with Gasteiger partial charge in [0.15, 0.2) is 0 Å². The second kappa shape index (κ2) is 5.21. The summed E-state index contributed by atoms with van der Waals surface area (Å²) in [5.74, 6) is 0. The van der Waals surface area contributed by atoms with E-state index in [1.807, 2.05) is 34.6 Å². The maximum absolute atomic E-state index is 11.7. The first-order valence-corrected chi connectivity index (χ1v) is 5.79. The fraction of sp³-hybridized carbons (Fsp3) is 0.429. The number of aldehydes is 1. The molecule has 0 aromatic heterocycles. The fourth-order valence-electron chi connectivity index (χ4n) is 1.67. The topological polar surface area (TPSA) is 55.4 Å². The van der Waals surface area contributed by atoms with E-state index in [2.05, 4.69) is 5.32 Å². The number of aryl methyl sites for hydroxylation is 2. The van der Waals surface area contributed by atoms with Gasteiger partial charge in [0.2, 0.25) is 0 Å². The Hall–Kier alpha value is -1.84. The maximum Gasteiger partial charge on any atom is 0.412 e. The molecule has 0 atom stereocenters. The zero-order chi connectivity index (χ0) is 13.9. The largest absolute Gasteiger partial charge is 0.444 e. The summed E-state index contributed by atoms with van der Waals surface area (Å²) >= 11 is 0. The summed E-state index contributed by atoms with van der Waals surface area (Å²) in [6, 6.07) is 3.46. The number of benzene rings is 1. The Bertz CT molecular complexity index is 449. The third kappa shape index (κ3) is 3.87. The van der Waals surface area contributed by atoms with E-state index in [1.54, 1.807) is 12.1 Å². The molecule has 0 heterocycles. The van der Waals surface area contributed by atoms with Gasteiger partial charge in [-0.2, -0.15) is 0 Å².